The number of hydrogen-bond donors (Lipinski definition) is 0. The molecule has 1 heterocycles. The zero-order valence-corrected chi connectivity index (χ0v) is 7.08. The van der Waals surface area contributed by atoms with Crippen LogP contribution in [0.25, 0.3) is 6.08 Å². The number of fused-ring (bicyclic) bond motifs is 1. The summed E-state index contributed by atoms with van der Waals surface area (Å²) in [5.41, 5.74) is 2.29. The van der Waals surface area contributed by atoms with Crippen molar-refractivity contribution in [3.05, 3.63) is 29.6 Å². The van der Waals surface area contributed by atoms with E-state index in [1.54, 1.807) is 13.3 Å². The molecule has 1 aromatic heterocycles. The van der Waals surface area contributed by atoms with Gasteiger partial charge in [-0.05, 0) is 25.0 Å². The Morgan fingerprint density at radius 1 is 1.50 bits per heavy atom. The summed E-state index contributed by atoms with van der Waals surface area (Å²) in [7, 11) is 1.70. The predicted molar refractivity (Wildman–Crippen MR) is 48.1 cm³/mol. The minimum absolute atomic E-state index is 0.962. The Morgan fingerprint density at radius 2 is 2.42 bits per heavy atom. The van der Waals surface area contributed by atoms with E-state index in [4.69, 9.17) is 4.74 Å². The molecule has 0 aliphatic heterocycles. The van der Waals surface area contributed by atoms with Crippen molar-refractivity contribution in [2.75, 3.05) is 7.11 Å². The topological polar surface area (TPSA) is 22.1 Å². The van der Waals surface area contributed by atoms with Crippen LogP contribution in [0.1, 0.15) is 17.7 Å². The molecule has 0 amide bonds. The van der Waals surface area contributed by atoms with E-state index in [9.17, 15) is 0 Å². The molecule has 62 valence electrons. The quantitative estimate of drug-likeness (QED) is 0.629. The van der Waals surface area contributed by atoms with Crippen molar-refractivity contribution in [1.82, 2.24) is 4.98 Å². The van der Waals surface area contributed by atoms with Crippen molar-refractivity contribution in [2.24, 2.45) is 0 Å². The van der Waals surface area contributed by atoms with Gasteiger partial charge in [-0.3, -0.25) is 4.98 Å². The summed E-state index contributed by atoms with van der Waals surface area (Å²) in [5, 5.41) is 0. The van der Waals surface area contributed by atoms with E-state index in [0.717, 1.165) is 24.3 Å². The van der Waals surface area contributed by atoms with E-state index in [1.807, 2.05) is 6.07 Å². The average molecular weight is 161 g/mol. The van der Waals surface area contributed by atoms with Crippen LogP contribution in [0.2, 0.25) is 0 Å². The highest BCUT2D eigenvalue weighted by molar-refractivity contribution is 5.56. The number of ether oxygens (including phenoxy) is 1. The lowest BCUT2D eigenvalue weighted by Gasteiger charge is -2.12. The van der Waals surface area contributed by atoms with Gasteiger partial charge in [0.15, 0.2) is 0 Å². The lowest BCUT2D eigenvalue weighted by atomic mass is 10.0. The van der Waals surface area contributed by atoms with Gasteiger partial charge in [-0.25, -0.2) is 0 Å². The maximum absolute atomic E-state index is 5.24. The maximum Gasteiger partial charge on any atom is 0.125 e. The van der Waals surface area contributed by atoms with E-state index in [0.29, 0.717) is 0 Å². The van der Waals surface area contributed by atoms with E-state index in [-0.39, 0.29) is 0 Å². The highest BCUT2D eigenvalue weighted by Crippen LogP contribution is 2.25. The maximum atomic E-state index is 5.24. The fourth-order valence-electron chi connectivity index (χ4n) is 1.50. The first-order valence-electron chi connectivity index (χ1n) is 4.10. The van der Waals surface area contributed by atoms with Crippen LogP contribution in [0.3, 0.4) is 0 Å². The molecule has 1 aromatic rings. The Labute approximate surface area is 71.9 Å². The van der Waals surface area contributed by atoms with Crippen molar-refractivity contribution in [3.8, 4) is 5.75 Å². The van der Waals surface area contributed by atoms with Gasteiger partial charge < -0.3 is 4.74 Å². The number of nitrogens with zero attached hydrogens (tertiary/aromatic N) is 1. The summed E-state index contributed by atoms with van der Waals surface area (Å²) in [4.78, 5) is 4.26. The first-order valence-corrected chi connectivity index (χ1v) is 4.10. The Morgan fingerprint density at radius 3 is 3.25 bits per heavy atom. The molecule has 0 radical (unpaired) electrons. The number of aromatic nitrogens is 1. The van der Waals surface area contributed by atoms with Crippen molar-refractivity contribution >= 4 is 6.08 Å². The SMILES string of the molecule is COc1ccnc2c1CCC=C2. The van der Waals surface area contributed by atoms with Crippen molar-refractivity contribution in [2.45, 2.75) is 12.8 Å². The van der Waals surface area contributed by atoms with Gasteiger partial charge in [0.25, 0.3) is 0 Å². The minimum atomic E-state index is 0.962. The van der Waals surface area contributed by atoms with E-state index in [1.165, 1.54) is 5.56 Å². The van der Waals surface area contributed by atoms with Crippen LogP contribution in [-0.2, 0) is 6.42 Å². The third kappa shape index (κ3) is 1.09. The van der Waals surface area contributed by atoms with Gasteiger partial charge in [-0.2, -0.15) is 0 Å². The normalized spacial score (nSPS) is 14.1. The molecule has 2 heteroatoms. The van der Waals surface area contributed by atoms with Gasteiger partial charge in [-0.1, -0.05) is 6.08 Å². The molecule has 0 bridgehead atoms. The molecular formula is C10H11NO. The molecule has 0 atom stereocenters. The summed E-state index contributed by atoms with van der Waals surface area (Å²) in [6.45, 7) is 0. The first-order chi connectivity index (χ1) is 5.92. The zero-order chi connectivity index (χ0) is 8.39. The van der Waals surface area contributed by atoms with Crippen LogP contribution in [0.15, 0.2) is 18.3 Å². The molecule has 0 fully saturated rings. The van der Waals surface area contributed by atoms with Crippen LogP contribution in [-0.4, -0.2) is 12.1 Å². The molecule has 0 aromatic carbocycles. The number of pyridine rings is 1. The molecule has 2 rings (SSSR count). The Hall–Kier alpha value is -1.31. The lowest BCUT2D eigenvalue weighted by Crippen LogP contribution is -2.00. The van der Waals surface area contributed by atoms with Gasteiger partial charge >= 0.3 is 0 Å². The Kier molecular flexibility index (Phi) is 1.82. The molecule has 2 nitrogen and oxygen atoms in total. The predicted octanol–water partition coefficient (Wildman–Crippen LogP) is 2.05. The van der Waals surface area contributed by atoms with E-state index in [2.05, 4.69) is 17.1 Å². The third-order valence-corrected chi connectivity index (χ3v) is 2.10. The van der Waals surface area contributed by atoms with Crippen molar-refractivity contribution in [3.63, 3.8) is 0 Å². The summed E-state index contributed by atoms with van der Waals surface area (Å²) in [6, 6.07) is 1.91. The number of hydrogen-bond acceptors (Lipinski definition) is 2. The first kappa shape index (κ1) is 7.35. The highest BCUT2D eigenvalue weighted by Gasteiger charge is 2.09. The lowest BCUT2D eigenvalue weighted by molar-refractivity contribution is 0.408. The number of allylic oxidation sites excluding steroid dienone is 1. The summed E-state index contributed by atoms with van der Waals surface area (Å²) in [6.07, 6.45) is 8.13. The molecule has 0 saturated heterocycles. The zero-order valence-electron chi connectivity index (χ0n) is 7.08. The van der Waals surface area contributed by atoms with Crippen LogP contribution < -0.4 is 4.74 Å². The monoisotopic (exact) mass is 161 g/mol. The largest absolute Gasteiger partial charge is 0.496 e. The molecular weight excluding hydrogens is 150 g/mol. The van der Waals surface area contributed by atoms with Crippen molar-refractivity contribution in [1.29, 1.82) is 0 Å². The molecule has 0 N–H and O–H groups in total. The van der Waals surface area contributed by atoms with Gasteiger partial charge in [0.1, 0.15) is 5.75 Å². The van der Waals surface area contributed by atoms with Gasteiger partial charge in [0.2, 0.25) is 0 Å². The molecule has 0 saturated carbocycles. The van der Waals surface area contributed by atoms with Crippen LogP contribution >= 0.6 is 0 Å². The Bertz CT molecular complexity index is 318. The molecule has 1 aliphatic carbocycles. The average Bonchev–Trinajstić information content (AvgIpc) is 2.17. The van der Waals surface area contributed by atoms with Crippen LogP contribution in [0.4, 0.5) is 0 Å². The molecule has 1 aliphatic rings. The Balaban J connectivity index is 2.53. The number of methoxy groups -OCH3 is 1. The van der Waals surface area contributed by atoms with Crippen molar-refractivity contribution < 1.29 is 4.74 Å². The molecule has 0 unspecified atom stereocenters. The second-order valence-electron chi connectivity index (χ2n) is 2.82. The van der Waals surface area contributed by atoms with Gasteiger partial charge in [-0.15, -0.1) is 0 Å². The van der Waals surface area contributed by atoms with E-state index < -0.39 is 0 Å². The molecule has 0 spiro atoms. The van der Waals surface area contributed by atoms with E-state index >= 15 is 0 Å². The summed E-state index contributed by atoms with van der Waals surface area (Å²) >= 11 is 0. The standard InChI is InChI=1S/C10H11NO/c1-12-10-6-7-11-9-5-3-2-4-8(9)10/h3,5-7H,2,4H2,1H3. The third-order valence-electron chi connectivity index (χ3n) is 2.10. The fraction of sp³-hybridized carbons (Fsp3) is 0.300. The number of rotatable bonds is 1. The fourth-order valence-corrected chi connectivity index (χ4v) is 1.50. The van der Waals surface area contributed by atoms with Gasteiger partial charge in [0.05, 0.1) is 12.8 Å². The molecule has 12 heavy (non-hydrogen) atoms. The summed E-state index contributed by atoms with van der Waals surface area (Å²) < 4.78 is 5.24. The van der Waals surface area contributed by atoms with Gasteiger partial charge in [0, 0.05) is 11.8 Å². The second-order valence-corrected chi connectivity index (χ2v) is 2.82. The summed E-state index contributed by atoms with van der Waals surface area (Å²) in [5.74, 6) is 0.962. The smallest absolute Gasteiger partial charge is 0.125 e. The minimum Gasteiger partial charge on any atom is -0.496 e. The highest BCUT2D eigenvalue weighted by atomic mass is 16.5. The van der Waals surface area contributed by atoms with Crippen LogP contribution in [0, 0.1) is 0 Å². The van der Waals surface area contributed by atoms with Crippen LogP contribution in [0.5, 0.6) is 5.75 Å². The second kappa shape index (κ2) is 2.97.